The average Bonchev–Trinajstić information content (AvgIpc) is 2.46. The van der Waals surface area contributed by atoms with E-state index >= 15 is 0 Å². The van der Waals surface area contributed by atoms with Gasteiger partial charge < -0.3 is 11.1 Å². The average molecular weight is 301 g/mol. The lowest BCUT2D eigenvalue weighted by Gasteiger charge is -2.11. The van der Waals surface area contributed by atoms with Gasteiger partial charge in [0.2, 0.25) is 5.95 Å². The highest BCUT2D eigenvalue weighted by Gasteiger charge is 2.05. The molecule has 0 atom stereocenters. The fourth-order valence-corrected chi connectivity index (χ4v) is 2.22. The van der Waals surface area contributed by atoms with Gasteiger partial charge >= 0.3 is 0 Å². The number of halogens is 1. The molecule has 1 heterocycles. The second kappa shape index (κ2) is 6.41. The van der Waals surface area contributed by atoms with E-state index in [1.54, 1.807) is 0 Å². The number of nitrogens with zero attached hydrogens (tertiary/aromatic N) is 2. The van der Waals surface area contributed by atoms with Gasteiger partial charge in [-0.3, -0.25) is 0 Å². The molecule has 0 aliphatic heterocycles. The summed E-state index contributed by atoms with van der Waals surface area (Å²) < 4.78 is 0. The molecule has 0 aliphatic rings. The maximum absolute atomic E-state index is 5.76. The molecule has 0 amide bonds. The minimum absolute atomic E-state index is 0. The Morgan fingerprint density at radius 1 is 1.00 bits per heavy atom. The van der Waals surface area contributed by atoms with E-state index in [1.807, 2.05) is 36.4 Å². The van der Waals surface area contributed by atoms with Crippen molar-refractivity contribution in [3.05, 3.63) is 59.7 Å². The summed E-state index contributed by atoms with van der Waals surface area (Å²) in [6.07, 6.45) is 0. The van der Waals surface area contributed by atoms with Crippen LogP contribution in [0.15, 0.2) is 48.5 Å². The van der Waals surface area contributed by atoms with Crippen molar-refractivity contribution in [3.8, 4) is 0 Å². The fourth-order valence-electron chi connectivity index (χ4n) is 2.22. The fraction of sp³-hybridized carbons (Fsp3) is 0.125. The van der Waals surface area contributed by atoms with Crippen LogP contribution in [0.5, 0.6) is 0 Å². The molecule has 108 valence electrons. The van der Waals surface area contributed by atoms with Crippen LogP contribution in [-0.2, 0) is 6.54 Å². The predicted octanol–water partition coefficient (Wildman–Crippen LogP) is 3.55. The monoisotopic (exact) mass is 300 g/mol. The summed E-state index contributed by atoms with van der Waals surface area (Å²) in [5, 5.41) is 4.34. The number of benzene rings is 2. The van der Waals surface area contributed by atoms with Gasteiger partial charge in [-0.25, -0.2) is 4.98 Å². The standard InChI is InChI=1S/C16H16N4.ClH/c1-11-6-2-3-7-12(11)10-18-15-13-8-4-5-9-14(13)19-16(17)20-15;/h2-9H,10H2,1H3,(H3,17,18,19,20);1H. The summed E-state index contributed by atoms with van der Waals surface area (Å²) in [5.41, 5.74) is 9.12. The molecule has 1 aromatic heterocycles. The van der Waals surface area contributed by atoms with Crippen LogP contribution in [0, 0.1) is 6.92 Å². The quantitative estimate of drug-likeness (QED) is 0.776. The molecular weight excluding hydrogens is 284 g/mol. The molecule has 0 radical (unpaired) electrons. The SMILES string of the molecule is Cc1ccccc1CNc1nc(N)nc2ccccc12.Cl. The summed E-state index contributed by atoms with van der Waals surface area (Å²) in [4.78, 5) is 8.54. The topological polar surface area (TPSA) is 63.8 Å². The first-order chi connectivity index (χ1) is 9.74. The minimum Gasteiger partial charge on any atom is -0.368 e. The molecule has 3 N–H and O–H groups in total. The van der Waals surface area contributed by atoms with E-state index in [9.17, 15) is 0 Å². The van der Waals surface area contributed by atoms with E-state index in [0.717, 1.165) is 16.7 Å². The van der Waals surface area contributed by atoms with E-state index < -0.39 is 0 Å². The number of hydrogen-bond acceptors (Lipinski definition) is 4. The Kier molecular flexibility index (Phi) is 4.60. The molecule has 5 heteroatoms. The Balaban J connectivity index is 0.00000161. The number of para-hydroxylation sites is 1. The van der Waals surface area contributed by atoms with E-state index in [-0.39, 0.29) is 18.4 Å². The number of hydrogen-bond donors (Lipinski definition) is 2. The lowest BCUT2D eigenvalue weighted by molar-refractivity contribution is 1.09. The van der Waals surface area contributed by atoms with Crippen LogP contribution >= 0.6 is 12.4 Å². The van der Waals surface area contributed by atoms with Gasteiger partial charge in [0.25, 0.3) is 0 Å². The van der Waals surface area contributed by atoms with Crippen molar-refractivity contribution >= 4 is 35.1 Å². The second-order valence-corrected chi connectivity index (χ2v) is 4.73. The number of nitrogen functional groups attached to an aromatic ring is 1. The van der Waals surface area contributed by atoms with Gasteiger partial charge in [-0.05, 0) is 30.2 Å². The first kappa shape index (κ1) is 15.1. The van der Waals surface area contributed by atoms with Gasteiger partial charge in [-0.15, -0.1) is 12.4 Å². The normalized spacial score (nSPS) is 10.1. The van der Waals surface area contributed by atoms with Crippen LogP contribution in [0.3, 0.4) is 0 Å². The number of nitrogens with two attached hydrogens (primary N) is 1. The van der Waals surface area contributed by atoms with Crippen LogP contribution in [0.25, 0.3) is 10.9 Å². The smallest absolute Gasteiger partial charge is 0.222 e. The minimum atomic E-state index is 0. The molecule has 0 unspecified atom stereocenters. The highest BCUT2D eigenvalue weighted by Crippen LogP contribution is 2.21. The van der Waals surface area contributed by atoms with Crippen molar-refractivity contribution in [2.24, 2.45) is 0 Å². The zero-order valence-electron chi connectivity index (χ0n) is 11.7. The second-order valence-electron chi connectivity index (χ2n) is 4.73. The van der Waals surface area contributed by atoms with Gasteiger partial charge in [-0.2, -0.15) is 4.98 Å². The van der Waals surface area contributed by atoms with Crippen molar-refractivity contribution < 1.29 is 0 Å². The maximum atomic E-state index is 5.76. The highest BCUT2D eigenvalue weighted by molar-refractivity contribution is 5.89. The Morgan fingerprint density at radius 2 is 1.71 bits per heavy atom. The molecule has 21 heavy (non-hydrogen) atoms. The van der Waals surface area contributed by atoms with Crippen LogP contribution in [0.2, 0.25) is 0 Å². The molecule has 4 nitrogen and oxygen atoms in total. The molecule has 3 rings (SSSR count). The summed E-state index contributed by atoms with van der Waals surface area (Å²) in [5.74, 6) is 1.06. The first-order valence-electron chi connectivity index (χ1n) is 6.54. The van der Waals surface area contributed by atoms with E-state index in [1.165, 1.54) is 11.1 Å². The number of aryl methyl sites for hydroxylation is 1. The van der Waals surface area contributed by atoms with E-state index in [2.05, 4.69) is 34.3 Å². The van der Waals surface area contributed by atoms with Crippen molar-refractivity contribution in [1.82, 2.24) is 9.97 Å². The largest absolute Gasteiger partial charge is 0.368 e. The van der Waals surface area contributed by atoms with Gasteiger partial charge in [0.1, 0.15) is 5.82 Å². The zero-order chi connectivity index (χ0) is 13.9. The Bertz CT molecular complexity index is 758. The van der Waals surface area contributed by atoms with Crippen molar-refractivity contribution in [2.75, 3.05) is 11.1 Å². The third-order valence-electron chi connectivity index (χ3n) is 3.33. The molecule has 0 fully saturated rings. The number of fused-ring (bicyclic) bond motifs is 1. The van der Waals surface area contributed by atoms with Crippen molar-refractivity contribution in [3.63, 3.8) is 0 Å². The molecule has 0 bridgehead atoms. The van der Waals surface area contributed by atoms with Crippen LogP contribution in [0.4, 0.5) is 11.8 Å². The van der Waals surface area contributed by atoms with Gasteiger partial charge in [0.15, 0.2) is 0 Å². The Hall–Kier alpha value is -2.33. The number of rotatable bonds is 3. The van der Waals surface area contributed by atoms with Crippen LogP contribution in [-0.4, -0.2) is 9.97 Å². The van der Waals surface area contributed by atoms with Gasteiger partial charge in [0.05, 0.1) is 5.52 Å². The van der Waals surface area contributed by atoms with Crippen molar-refractivity contribution in [1.29, 1.82) is 0 Å². The van der Waals surface area contributed by atoms with E-state index in [4.69, 9.17) is 5.73 Å². The number of nitrogens with one attached hydrogen (secondary N) is 1. The summed E-state index contributed by atoms with van der Waals surface area (Å²) >= 11 is 0. The van der Waals surface area contributed by atoms with Gasteiger partial charge in [-0.1, -0.05) is 36.4 Å². The number of aromatic nitrogens is 2. The zero-order valence-corrected chi connectivity index (χ0v) is 12.5. The predicted molar refractivity (Wildman–Crippen MR) is 89.7 cm³/mol. The third-order valence-corrected chi connectivity index (χ3v) is 3.33. The number of anilines is 2. The molecule has 2 aromatic carbocycles. The summed E-state index contributed by atoms with van der Waals surface area (Å²) in [7, 11) is 0. The first-order valence-corrected chi connectivity index (χ1v) is 6.54. The van der Waals surface area contributed by atoms with E-state index in [0.29, 0.717) is 6.54 Å². The lowest BCUT2D eigenvalue weighted by Crippen LogP contribution is -2.06. The van der Waals surface area contributed by atoms with Gasteiger partial charge in [0, 0.05) is 11.9 Å². The molecule has 0 saturated heterocycles. The summed E-state index contributed by atoms with van der Waals surface area (Å²) in [6, 6.07) is 16.1. The van der Waals surface area contributed by atoms with Crippen LogP contribution in [0.1, 0.15) is 11.1 Å². The Morgan fingerprint density at radius 3 is 2.52 bits per heavy atom. The van der Waals surface area contributed by atoms with Crippen LogP contribution < -0.4 is 11.1 Å². The molecule has 0 saturated carbocycles. The lowest BCUT2D eigenvalue weighted by atomic mass is 10.1. The maximum Gasteiger partial charge on any atom is 0.222 e. The van der Waals surface area contributed by atoms with Crippen molar-refractivity contribution in [2.45, 2.75) is 13.5 Å². The molecule has 0 aliphatic carbocycles. The molecular formula is C16H17ClN4. The summed E-state index contributed by atoms with van der Waals surface area (Å²) in [6.45, 7) is 2.82. The molecule has 0 spiro atoms. The Labute approximate surface area is 129 Å². The third kappa shape index (κ3) is 3.23. The molecule has 3 aromatic rings. The highest BCUT2D eigenvalue weighted by atomic mass is 35.5.